The number of fused-ring (bicyclic) bond motifs is 2. The van der Waals surface area contributed by atoms with E-state index in [4.69, 9.17) is 0 Å². The average molecular weight is 483 g/mol. The van der Waals surface area contributed by atoms with E-state index in [1.54, 1.807) is 0 Å². The molecule has 4 aromatic heterocycles. The van der Waals surface area contributed by atoms with Crippen molar-refractivity contribution >= 4 is 37.3 Å². The molecule has 166 valence electrons. The zero-order valence-corrected chi connectivity index (χ0v) is 17.2. The first-order valence-corrected chi connectivity index (χ1v) is 10.9. The van der Waals surface area contributed by atoms with Gasteiger partial charge in [-0.25, -0.2) is 23.4 Å². The maximum Gasteiger partial charge on any atom is 0.433 e. The molecule has 0 atom stereocenters. The van der Waals surface area contributed by atoms with Crippen LogP contribution in [0.1, 0.15) is 17.5 Å². The molecule has 0 aliphatic heterocycles. The Kier molecular flexibility index (Phi) is 4.63. The molecule has 0 fully saturated rings. The van der Waals surface area contributed by atoms with Crippen molar-refractivity contribution in [1.29, 1.82) is 0 Å². The lowest BCUT2D eigenvalue weighted by molar-refractivity contribution is -0.141. The number of alkyl halides is 6. The van der Waals surface area contributed by atoms with E-state index in [-0.39, 0.29) is 27.5 Å². The molecular formula is C16H11F6N5O2S2. The number of aryl methyl sites for hydroxylation is 1. The highest BCUT2D eigenvalue weighted by Crippen LogP contribution is 2.44. The third kappa shape index (κ3) is 3.35. The van der Waals surface area contributed by atoms with Crippen molar-refractivity contribution in [2.24, 2.45) is 7.05 Å². The van der Waals surface area contributed by atoms with Crippen LogP contribution in [0.25, 0.3) is 27.6 Å². The van der Waals surface area contributed by atoms with Gasteiger partial charge in [0.25, 0.3) is 0 Å². The van der Waals surface area contributed by atoms with Crippen LogP contribution in [-0.2, 0) is 29.2 Å². The fourth-order valence-corrected chi connectivity index (χ4v) is 5.02. The number of thiazole rings is 1. The number of rotatable bonds is 3. The third-order valence-electron chi connectivity index (χ3n) is 4.50. The maximum absolute atomic E-state index is 13.8. The minimum Gasteiger partial charge on any atom is -0.311 e. The van der Waals surface area contributed by atoms with Gasteiger partial charge in [-0.2, -0.15) is 26.3 Å². The van der Waals surface area contributed by atoms with E-state index in [9.17, 15) is 34.8 Å². The summed E-state index contributed by atoms with van der Waals surface area (Å²) in [6, 6.07) is 1.65. The van der Waals surface area contributed by atoms with E-state index < -0.39 is 55.1 Å². The summed E-state index contributed by atoms with van der Waals surface area (Å²) in [5.41, 5.74) is -2.26. The van der Waals surface area contributed by atoms with Gasteiger partial charge in [0.15, 0.2) is 31.3 Å². The smallest absolute Gasteiger partial charge is 0.311 e. The highest BCUT2D eigenvalue weighted by atomic mass is 32.2. The fourth-order valence-electron chi connectivity index (χ4n) is 3.03. The summed E-state index contributed by atoms with van der Waals surface area (Å²) in [4.78, 5) is 9.86. The van der Waals surface area contributed by atoms with E-state index in [0.29, 0.717) is 6.07 Å². The van der Waals surface area contributed by atoms with Gasteiger partial charge in [0.2, 0.25) is 0 Å². The Bertz CT molecular complexity index is 1430. The van der Waals surface area contributed by atoms with Crippen LogP contribution >= 0.6 is 11.3 Å². The van der Waals surface area contributed by atoms with Crippen LogP contribution in [0, 0.1) is 0 Å². The quantitative estimate of drug-likeness (QED) is 0.409. The van der Waals surface area contributed by atoms with Gasteiger partial charge in [0.1, 0.15) is 21.8 Å². The second-order valence-corrected chi connectivity index (χ2v) is 9.63. The van der Waals surface area contributed by atoms with Crippen LogP contribution in [0.4, 0.5) is 26.3 Å². The van der Waals surface area contributed by atoms with E-state index in [2.05, 4.69) is 15.0 Å². The number of pyridine rings is 1. The first-order chi connectivity index (χ1) is 14.3. The van der Waals surface area contributed by atoms with Gasteiger partial charge in [-0.3, -0.25) is 4.40 Å². The molecule has 7 nitrogen and oxygen atoms in total. The molecule has 4 rings (SSSR count). The number of imidazole rings is 2. The number of hydrogen-bond donors (Lipinski definition) is 0. The van der Waals surface area contributed by atoms with Gasteiger partial charge >= 0.3 is 12.4 Å². The molecule has 31 heavy (non-hydrogen) atoms. The van der Waals surface area contributed by atoms with Crippen molar-refractivity contribution in [3.05, 3.63) is 28.9 Å². The molecule has 0 saturated heterocycles. The Labute approximate surface area is 173 Å². The normalized spacial score (nSPS) is 13.5. The third-order valence-corrected chi connectivity index (χ3v) is 7.29. The van der Waals surface area contributed by atoms with Crippen molar-refractivity contribution in [2.45, 2.75) is 24.3 Å². The number of hydrogen-bond acceptors (Lipinski definition) is 6. The molecule has 0 radical (unpaired) electrons. The second-order valence-electron chi connectivity index (χ2n) is 6.43. The molecule has 4 heterocycles. The van der Waals surface area contributed by atoms with E-state index in [1.165, 1.54) is 14.0 Å². The standard InChI is InChI=1S/C16H11F6N5O2S2/c1-3-31(28,29)9-6-23-14-27(9)10(11(30-14)16(20,21)22)13-24-7-4-5-8(15(17,18)19)25-12(7)26(13)2/h4-6H,3H2,1-2H3. The SMILES string of the molecule is CCS(=O)(=O)c1cnc2sc(C(F)(F)F)c(-c3nc4ccc(C(F)(F)F)nc4n3C)n12. The molecule has 0 spiro atoms. The van der Waals surface area contributed by atoms with Crippen molar-refractivity contribution in [1.82, 2.24) is 23.9 Å². The van der Waals surface area contributed by atoms with Crippen LogP contribution in [0.2, 0.25) is 0 Å². The Morgan fingerprint density at radius 2 is 1.74 bits per heavy atom. The summed E-state index contributed by atoms with van der Waals surface area (Å²) in [7, 11) is -2.77. The number of halogens is 6. The summed E-state index contributed by atoms with van der Waals surface area (Å²) in [6.07, 6.45) is -8.72. The minimum atomic E-state index is -4.89. The van der Waals surface area contributed by atoms with E-state index in [0.717, 1.165) is 21.2 Å². The summed E-state index contributed by atoms with van der Waals surface area (Å²) in [5, 5.41) is -0.470. The molecule has 0 N–H and O–H groups in total. The van der Waals surface area contributed by atoms with Crippen molar-refractivity contribution in [2.75, 3.05) is 5.75 Å². The zero-order chi connectivity index (χ0) is 22.9. The van der Waals surface area contributed by atoms with Gasteiger partial charge in [-0.1, -0.05) is 18.3 Å². The van der Waals surface area contributed by atoms with Gasteiger partial charge < -0.3 is 4.57 Å². The van der Waals surface area contributed by atoms with Crippen LogP contribution in [0.3, 0.4) is 0 Å². The molecule has 0 unspecified atom stereocenters. The highest BCUT2D eigenvalue weighted by molar-refractivity contribution is 7.91. The average Bonchev–Trinajstić information content (AvgIpc) is 3.32. The molecule has 0 saturated carbocycles. The Morgan fingerprint density at radius 3 is 2.32 bits per heavy atom. The lowest BCUT2D eigenvalue weighted by Crippen LogP contribution is -2.11. The zero-order valence-electron chi connectivity index (χ0n) is 15.6. The molecule has 4 aromatic rings. The predicted molar refractivity (Wildman–Crippen MR) is 98.3 cm³/mol. The van der Waals surface area contributed by atoms with Crippen molar-refractivity contribution in [3.63, 3.8) is 0 Å². The van der Waals surface area contributed by atoms with Crippen molar-refractivity contribution < 1.29 is 34.8 Å². The number of nitrogens with zero attached hydrogens (tertiary/aromatic N) is 5. The predicted octanol–water partition coefficient (Wildman–Crippen LogP) is 4.18. The molecule has 0 aliphatic rings. The lowest BCUT2D eigenvalue weighted by Gasteiger charge is -2.10. The summed E-state index contributed by atoms with van der Waals surface area (Å²) >= 11 is 0.208. The molecule has 0 amide bonds. The van der Waals surface area contributed by atoms with E-state index in [1.807, 2.05) is 0 Å². The second kappa shape index (κ2) is 6.66. The first-order valence-electron chi connectivity index (χ1n) is 8.47. The molecule has 0 aliphatic carbocycles. The lowest BCUT2D eigenvalue weighted by atomic mass is 10.3. The molecule has 0 aromatic carbocycles. The van der Waals surface area contributed by atoms with Gasteiger partial charge in [0.05, 0.1) is 11.9 Å². The summed E-state index contributed by atoms with van der Waals surface area (Å²) < 4.78 is 107. The summed E-state index contributed by atoms with van der Waals surface area (Å²) in [6.45, 7) is 1.32. The molecular weight excluding hydrogens is 472 g/mol. The van der Waals surface area contributed by atoms with Crippen LogP contribution in [-0.4, -0.2) is 38.1 Å². The number of sulfone groups is 1. The summed E-state index contributed by atoms with van der Waals surface area (Å²) in [5.74, 6) is -0.790. The monoisotopic (exact) mass is 483 g/mol. The van der Waals surface area contributed by atoms with Gasteiger partial charge in [0, 0.05) is 7.05 Å². The number of aromatic nitrogens is 5. The fraction of sp³-hybridized carbons (Fsp3) is 0.312. The van der Waals surface area contributed by atoms with Gasteiger partial charge in [-0.05, 0) is 12.1 Å². The maximum atomic E-state index is 13.8. The molecule has 0 bridgehead atoms. The Hall–Kier alpha value is -2.68. The highest BCUT2D eigenvalue weighted by Gasteiger charge is 2.41. The Balaban J connectivity index is 2.11. The van der Waals surface area contributed by atoms with Crippen LogP contribution in [0.15, 0.2) is 23.4 Å². The van der Waals surface area contributed by atoms with Crippen molar-refractivity contribution in [3.8, 4) is 11.5 Å². The Morgan fingerprint density at radius 1 is 1.06 bits per heavy atom. The molecule has 15 heteroatoms. The largest absolute Gasteiger partial charge is 0.433 e. The van der Waals surface area contributed by atoms with E-state index >= 15 is 0 Å². The topological polar surface area (TPSA) is 82.2 Å². The van der Waals surface area contributed by atoms with Crippen LogP contribution < -0.4 is 0 Å². The first kappa shape index (κ1) is 21.5. The minimum absolute atomic E-state index is 0.0852. The van der Waals surface area contributed by atoms with Crippen LogP contribution in [0.5, 0.6) is 0 Å². The van der Waals surface area contributed by atoms with Gasteiger partial charge in [-0.15, -0.1) is 0 Å².